The Kier molecular flexibility index (Phi) is 5.41. The lowest BCUT2D eigenvalue weighted by atomic mass is 10.0. The van der Waals surface area contributed by atoms with Crippen LogP contribution >= 0.6 is 0 Å². The van der Waals surface area contributed by atoms with Gasteiger partial charge in [-0.05, 0) is 41.0 Å². The van der Waals surface area contributed by atoms with Crippen LogP contribution in [0.25, 0.3) is 10.8 Å². The number of carbonyl (C=O) groups is 3. The normalized spacial score (nSPS) is 20.9. The number of ether oxygens (including phenoxy) is 1. The number of amides is 2. The van der Waals surface area contributed by atoms with Crippen LogP contribution in [-0.4, -0.2) is 58.8 Å². The fourth-order valence-corrected chi connectivity index (χ4v) is 4.66. The SMILES string of the molecule is O=C(NC(Cc1ccncc1)C(=O)N1CCC2OCC(=O)C21)c1cccc2ccccc12. The quantitative estimate of drug-likeness (QED) is 0.671. The molecular weight excluding hydrogens is 406 g/mol. The fraction of sp³-hybridized carbons (Fsp3) is 0.280. The van der Waals surface area contributed by atoms with Crippen LogP contribution in [0.3, 0.4) is 0 Å². The Morgan fingerprint density at radius 3 is 2.72 bits per heavy atom. The maximum atomic E-state index is 13.6. The average Bonchev–Trinajstić information content (AvgIpc) is 3.41. The van der Waals surface area contributed by atoms with Gasteiger partial charge < -0.3 is 15.0 Å². The van der Waals surface area contributed by atoms with Gasteiger partial charge in [0.15, 0.2) is 5.78 Å². The minimum atomic E-state index is -0.809. The van der Waals surface area contributed by atoms with Crippen LogP contribution < -0.4 is 5.32 Å². The molecule has 0 aliphatic carbocycles. The number of hydrogen-bond acceptors (Lipinski definition) is 5. The van der Waals surface area contributed by atoms with Crippen molar-refractivity contribution in [3.8, 4) is 0 Å². The van der Waals surface area contributed by atoms with Crippen molar-refractivity contribution in [3.05, 3.63) is 78.1 Å². The number of fused-ring (bicyclic) bond motifs is 2. The van der Waals surface area contributed by atoms with E-state index in [9.17, 15) is 14.4 Å². The molecule has 3 heterocycles. The molecule has 0 bridgehead atoms. The van der Waals surface area contributed by atoms with Gasteiger partial charge in [0.1, 0.15) is 18.7 Å². The summed E-state index contributed by atoms with van der Waals surface area (Å²) in [6.07, 6.45) is 4.00. The molecule has 5 rings (SSSR count). The van der Waals surface area contributed by atoms with Crippen LogP contribution in [0.1, 0.15) is 22.3 Å². The first kappa shape index (κ1) is 20.3. The molecule has 2 aliphatic rings. The van der Waals surface area contributed by atoms with Crippen molar-refractivity contribution in [2.45, 2.75) is 31.0 Å². The van der Waals surface area contributed by atoms with Gasteiger partial charge in [-0.3, -0.25) is 19.4 Å². The van der Waals surface area contributed by atoms with Gasteiger partial charge in [0.25, 0.3) is 5.91 Å². The summed E-state index contributed by atoms with van der Waals surface area (Å²) in [4.78, 5) is 44.8. The minimum Gasteiger partial charge on any atom is -0.368 e. The maximum Gasteiger partial charge on any atom is 0.252 e. The third kappa shape index (κ3) is 3.76. The van der Waals surface area contributed by atoms with Crippen LogP contribution in [0, 0.1) is 0 Å². The highest BCUT2D eigenvalue weighted by Crippen LogP contribution is 2.28. The van der Waals surface area contributed by atoms with Crippen molar-refractivity contribution in [1.29, 1.82) is 0 Å². The van der Waals surface area contributed by atoms with Gasteiger partial charge in [-0.2, -0.15) is 0 Å². The fourth-order valence-electron chi connectivity index (χ4n) is 4.66. The molecule has 3 aromatic rings. The second-order valence-electron chi connectivity index (χ2n) is 8.19. The summed E-state index contributed by atoms with van der Waals surface area (Å²) >= 11 is 0. The van der Waals surface area contributed by atoms with Crippen molar-refractivity contribution >= 4 is 28.4 Å². The molecule has 2 aromatic carbocycles. The summed E-state index contributed by atoms with van der Waals surface area (Å²) in [5, 5.41) is 4.72. The molecule has 3 atom stereocenters. The highest BCUT2D eigenvalue weighted by Gasteiger charge is 2.48. The van der Waals surface area contributed by atoms with Crippen molar-refractivity contribution in [3.63, 3.8) is 0 Å². The number of nitrogens with one attached hydrogen (secondary N) is 1. The van der Waals surface area contributed by atoms with Crippen LogP contribution in [0.2, 0.25) is 0 Å². The second-order valence-corrected chi connectivity index (χ2v) is 8.19. The van der Waals surface area contributed by atoms with Gasteiger partial charge in [0.05, 0.1) is 6.10 Å². The van der Waals surface area contributed by atoms with E-state index in [1.165, 1.54) is 0 Å². The van der Waals surface area contributed by atoms with E-state index in [2.05, 4.69) is 10.3 Å². The van der Waals surface area contributed by atoms with E-state index in [1.54, 1.807) is 23.4 Å². The number of hydrogen-bond donors (Lipinski definition) is 1. The Bertz CT molecular complexity index is 1170. The Morgan fingerprint density at radius 2 is 1.88 bits per heavy atom. The zero-order chi connectivity index (χ0) is 22.1. The predicted molar refractivity (Wildman–Crippen MR) is 118 cm³/mol. The lowest BCUT2D eigenvalue weighted by molar-refractivity contribution is -0.138. The molecule has 3 unspecified atom stereocenters. The third-order valence-electron chi connectivity index (χ3n) is 6.22. The third-order valence-corrected chi connectivity index (χ3v) is 6.22. The molecule has 2 aliphatic heterocycles. The molecule has 0 spiro atoms. The molecule has 0 radical (unpaired) electrons. The number of pyridine rings is 1. The van der Waals surface area contributed by atoms with E-state index in [4.69, 9.17) is 4.74 Å². The topological polar surface area (TPSA) is 88.6 Å². The molecule has 2 amide bonds. The number of aromatic nitrogens is 1. The van der Waals surface area contributed by atoms with E-state index in [1.807, 2.05) is 48.5 Å². The Labute approximate surface area is 185 Å². The molecule has 2 saturated heterocycles. The lowest BCUT2D eigenvalue weighted by Gasteiger charge is -2.27. The van der Waals surface area contributed by atoms with Crippen molar-refractivity contribution in [1.82, 2.24) is 15.2 Å². The van der Waals surface area contributed by atoms with Gasteiger partial charge in [-0.15, -0.1) is 0 Å². The van der Waals surface area contributed by atoms with Crippen molar-refractivity contribution in [2.24, 2.45) is 0 Å². The Morgan fingerprint density at radius 1 is 1.09 bits per heavy atom. The van der Waals surface area contributed by atoms with E-state index in [0.717, 1.165) is 16.3 Å². The Hall–Kier alpha value is -3.58. The van der Waals surface area contributed by atoms with Crippen LogP contribution in [0.4, 0.5) is 0 Å². The van der Waals surface area contributed by atoms with Crippen molar-refractivity contribution in [2.75, 3.05) is 13.2 Å². The first-order chi connectivity index (χ1) is 15.6. The summed E-state index contributed by atoms with van der Waals surface area (Å²) in [7, 11) is 0. The largest absolute Gasteiger partial charge is 0.368 e. The molecule has 1 N–H and O–H groups in total. The number of benzene rings is 2. The zero-order valence-corrected chi connectivity index (χ0v) is 17.4. The summed E-state index contributed by atoms with van der Waals surface area (Å²) < 4.78 is 5.53. The molecule has 32 heavy (non-hydrogen) atoms. The smallest absolute Gasteiger partial charge is 0.252 e. The van der Waals surface area contributed by atoms with Gasteiger partial charge in [-0.1, -0.05) is 36.4 Å². The van der Waals surface area contributed by atoms with Gasteiger partial charge in [-0.25, -0.2) is 0 Å². The standard InChI is InChI=1S/C25H23N3O4/c29-21-15-32-22-10-13-28(23(21)22)25(31)20(14-16-8-11-26-12-9-16)27-24(30)19-7-3-5-17-4-1-2-6-18(17)19/h1-9,11-12,20,22-23H,10,13-15H2,(H,27,30). The highest BCUT2D eigenvalue weighted by atomic mass is 16.5. The summed E-state index contributed by atoms with van der Waals surface area (Å²) in [5.74, 6) is -0.662. The van der Waals surface area contributed by atoms with Gasteiger partial charge in [0, 0.05) is 30.9 Å². The number of ketones is 1. The Balaban J connectivity index is 1.44. The molecule has 7 heteroatoms. The summed E-state index contributed by atoms with van der Waals surface area (Å²) in [5.41, 5.74) is 1.39. The van der Waals surface area contributed by atoms with Crippen molar-refractivity contribution < 1.29 is 19.1 Å². The van der Waals surface area contributed by atoms with Crippen LogP contribution in [0.15, 0.2) is 67.0 Å². The number of rotatable bonds is 5. The number of nitrogens with zero attached hydrogens (tertiary/aromatic N) is 2. The average molecular weight is 429 g/mol. The molecule has 1 aromatic heterocycles. The van der Waals surface area contributed by atoms with E-state index in [-0.39, 0.29) is 30.3 Å². The lowest BCUT2D eigenvalue weighted by Crippen LogP contribution is -2.53. The highest BCUT2D eigenvalue weighted by molar-refractivity contribution is 6.08. The first-order valence-electron chi connectivity index (χ1n) is 10.7. The summed E-state index contributed by atoms with van der Waals surface area (Å²) in [6.45, 7) is 0.480. The van der Waals surface area contributed by atoms with Gasteiger partial charge >= 0.3 is 0 Å². The zero-order valence-electron chi connectivity index (χ0n) is 17.4. The van der Waals surface area contributed by atoms with E-state index < -0.39 is 12.1 Å². The summed E-state index contributed by atoms with van der Waals surface area (Å²) in [6, 6.07) is 15.4. The molecule has 2 fully saturated rings. The predicted octanol–water partition coefficient (Wildman–Crippen LogP) is 2.14. The second kappa shape index (κ2) is 8.51. The van der Waals surface area contributed by atoms with E-state index in [0.29, 0.717) is 24.9 Å². The van der Waals surface area contributed by atoms with Crippen LogP contribution in [-0.2, 0) is 20.7 Å². The van der Waals surface area contributed by atoms with Gasteiger partial charge in [0.2, 0.25) is 5.91 Å². The maximum absolute atomic E-state index is 13.6. The molecule has 0 saturated carbocycles. The minimum absolute atomic E-state index is 0.0382. The molecular formula is C25H23N3O4. The monoisotopic (exact) mass is 429 g/mol. The van der Waals surface area contributed by atoms with E-state index >= 15 is 0 Å². The molecule has 162 valence electrons. The number of Topliss-reactive ketones (excluding diaryl/α,β-unsaturated/α-hetero) is 1. The number of carbonyl (C=O) groups excluding carboxylic acids is 3. The first-order valence-corrected chi connectivity index (χ1v) is 10.7. The van der Waals surface area contributed by atoms with Crippen LogP contribution in [0.5, 0.6) is 0 Å². The molecule has 7 nitrogen and oxygen atoms in total. The number of likely N-dealkylation sites (tertiary alicyclic amines) is 1.